The third kappa shape index (κ3) is 2.80. The van der Waals surface area contributed by atoms with E-state index in [2.05, 4.69) is 0 Å². The predicted octanol–water partition coefficient (Wildman–Crippen LogP) is 4.53. The Labute approximate surface area is 129 Å². The molecule has 22 heavy (non-hydrogen) atoms. The van der Waals surface area contributed by atoms with Gasteiger partial charge in [-0.1, -0.05) is 37.3 Å². The molecule has 0 spiro atoms. The number of esters is 1. The lowest BCUT2D eigenvalue weighted by Gasteiger charge is -2.28. The monoisotopic (exact) mass is 296 g/mol. The van der Waals surface area contributed by atoms with Gasteiger partial charge in [-0.2, -0.15) is 0 Å². The number of allylic oxidation sites excluding steroid dienone is 1. The van der Waals surface area contributed by atoms with Gasteiger partial charge in [0.25, 0.3) is 0 Å². The molecule has 2 aromatic carbocycles. The second-order valence-corrected chi connectivity index (χ2v) is 5.41. The van der Waals surface area contributed by atoms with Crippen LogP contribution >= 0.6 is 0 Å². The van der Waals surface area contributed by atoms with Gasteiger partial charge in [0.15, 0.2) is 0 Å². The fraction of sp³-hybridized carbons (Fsp3) is 0.211. The highest BCUT2D eigenvalue weighted by Crippen LogP contribution is 2.37. The molecule has 112 valence electrons. The Morgan fingerprint density at radius 3 is 2.36 bits per heavy atom. The first-order valence-corrected chi connectivity index (χ1v) is 7.43. The summed E-state index contributed by atoms with van der Waals surface area (Å²) < 4.78 is 18.5. The summed E-state index contributed by atoms with van der Waals surface area (Å²) in [5, 5.41) is 0. The molecule has 3 rings (SSSR count). The number of hydrogen-bond donors (Lipinski definition) is 0. The molecular weight excluding hydrogens is 279 g/mol. The molecule has 0 unspecified atom stereocenters. The molecule has 0 saturated carbocycles. The molecule has 1 aliphatic rings. The van der Waals surface area contributed by atoms with E-state index in [4.69, 9.17) is 4.74 Å². The van der Waals surface area contributed by atoms with Crippen molar-refractivity contribution >= 4 is 11.7 Å². The largest absolute Gasteiger partial charge is 0.426 e. The van der Waals surface area contributed by atoms with Crippen molar-refractivity contribution in [2.75, 3.05) is 0 Å². The SMILES string of the molecule is CC[C@H]1C(=O)OC(c2ccc(F)cc2)=C[C@@H]1c1ccccc1. The predicted molar refractivity (Wildman–Crippen MR) is 83.4 cm³/mol. The van der Waals surface area contributed by atoms with E-state index < -0.39 is 0 Å². The zero-order chi connectivity index (χ0) is 15.5. The second kappa shape index (κ2) is 6.14. The van der Waals surface area contributed by atoms with Crippen LogP contribution in [0, 0.1) is 11.7 Å². The molecule has 1 aliphatic heterocycles. The number of halogens is 1. The standard InChI is InChI=1S/C19H17FO2/c1-2-16-17(13-6-4-3-5-7-13)12-18(22-19(16)21)14-8-10-15(20)11-9-14/h3-12,16-17H,2H2,1H3/t16-,17-/m1/s1. The van der Waals surface area contributed by atoms with Gasteiger partial charge in [-0.15, -0.1) is 0 Å². The molecular formula is C19H17FO2. The van der Waals surface area contributed by atoms with Crippen LogP contribution in [0.3, 0.4) is 0 Å². The summed E-state index contributed by atoms with van der Waals surface area (Å²) in [5.41, 5.74) is 1.80. The number of benzene rings is 2. The minimum atomic E-state index is -0.308. The zero-order valence-corrected chi connectivity index (χ0v) is 12.3. The van der Waals surface area contributed by atoms with Crippen LogP contribution in [0.4, 0.5) is 4.39 Å². The molecule has 2 atom stereocenters. The summed E-state index contributed by atoms with van der Waals surface area (Å²) >= 11 is 0. The lowest BCUT2D eigenvalue weighted by Crippen LogP contribution is -2.27. The van der Waals surface area contributed by atoms with Crippen LogP contribution in [0.5, 0.6) is 0 Å². The average Bonchev–Trinajstić information content (AvgIpc) is 2.55. The smallest absolute Gasteiger partial charge is 0.315 e. The quantitative estimate of drug-likeness (QED) is 0.778. The first-order valence-electron chi connectivity index (χ1n) is 7.43. The molecule has 0 bridgehead atoms. The van der Waals surface area contributed by atoms with Crippen LogP contribution in [0.1, 0.15) is 30.4 Å². The molecule has 0 N–H and O–H groups in total. The molecule has 2 nitrogen and oxygen atoms in total. The Morgan fingerprint density at radius 2 is 1.73 bits per heavy atom. The van der Waals surface area contributed by atoms with Crippen molar-refractivity contribution in [1.29, 1.82) is 0 Å². The van der Waals surface area contributed by atoms with Crippen molar-refractivity contribution in [3.8, 4) is 0 Å². The summed E-state index contributed by atoms with van der Waals surface area (Å²) in [7, 11) is 0. The minimum Gasteiger partial charge on any atom is -0.426 e. The topological polar surface area (TPSA) is 26.3 Å². The van der Waals surface area contributed by atoms with Gasteiger partial charge in [0.1, 0.15) is 11.6 Å². The summed E-state index contributed by atoms with van der Waals surface area (Å²) in [5.74, 6) is -0.238. The number of ether oxygens (including phenoxy) is 1. The van der Waals surface area contributed by atoms with Crippen molar-refractivity contribution < 1.29 is 13.9 Å². The van der Waals surface area contributed by atoms with Crippen LogP contribution < -0.4 is 0 Å². The Balaban J connectivity index is 2.02. The Morgan fingerprint density at radius 1 is 1.05 bits per heavy atom. The number of cyclic esters (lactones) is 1. The van der Waals surface area contributed by atoms with Gasteiger partial charge >= 0.3 is 5.97 Å². The van der Waals surface area contributed by atoms with Gasteiger partial charge in [-0.3, -0.25) is 4.79 Å². The third-order valence-electron chi connectivity index (χ3n) is 4.03. The first-order chi connectivity index (χ1) is 10.7. The van der Waals surface area contributed by atoms with Crippen molar-refractivity contribution in [3.05, 3.63) is 77.6 Å². The molecule has 0 saturated heterocycles. The maximum atomic E-state index is 13.1. The molecule has 0 amide bonds. The summed E-state index contributed by atoms with van der Waals surface area (Å²) in [6, 6.07) is 15.9. The van der Waals surface area contributed by atoms with Crippen molar-refractivity contribution in [2.24, 2.45) is 5.92 Å². The number of rotatable bonds is 3. The molecule has 0 aliphatic carbocycles. The fourth-order valence-corrected chi connectivity index (χ4v) is 2.84. The molecule has 0 radical (unpaired) electrons. The second-order valence-electron chi connectivity index (χ2n) is 5.41. The molecule has 2 aromatic rings. The normalized spacial score (nSPS) is 21.2. The van der Waals surface area contributed by atoms with Crippen molar-refractivity contribution in [1.82, 2.24) is 0 Å². The summed E-state index contributed by atoms with van der Waals surface area (Å²) in [4.78, 5) is 12.3. The third-order valence-corrected chi connectivity index (χ3v) is 4.03. The molecule has 1 heterocycles. The van der Waals surface area contributed by atoms with E-state index in [0.29, 0.717) is 17.7 Å². The van der Waals surface area contributed by atoms with E-state index in [9.17, 15) is 9.18 Å². The Hall–Kier alpha value is -2.42. The number of hydrogen-bond acceptors (Lipinski definition) is 2. The average molecular weight is 296 g/mol. The Kier molecular flexibility index (Phi) is 4.05. The maximum Gasteiger partial charge on any atom is 0.315 e. The maximum absolute atomic E-state index is 13.1. The Bertz CT molecular complexity index is 689. The van der Waals surface area contributed by atoms with Crippen LogP contribution in [-0.4, -0.2) is 5.97 Å². The van der Waals surface area contributed by atoms with Gasteiger partial charge < -0.3 is 4.74 Å². The van der Waals surface area contributed by atoms with Gasteiger partial charge in [0.05, 0.1) is 5.92 Å². The van der Waals surface area contributed by atoms with E-state index in [0.717, 1.165) is 5.56 Å². The summed E-state index contributed by atoms with van der Waals surface area (Å²) in [6.07, 6.45) is 2.68. The van der Waals surface area contributed by atoms with E-state index in [1.165, 1.54) is 12.1 Å². The highest BCUT2D eigenvalue weighted by atomic mass is 19.1. The minimum absolute atomic E-state index is 0.0208. The number of carbonyl (C=O) groups excluding carboxylic acids is 1. The lowest BCUT2D eigenvalue weighted by molar-refractivity contribution is -0.142. The van der Waals surface area contributed by atoms with Crippen molar-refractivity contribution in [3.63, 3.8) is 0 Å². The molecule has 3 heteroatoms. The van der Waals surface area contributed by atoms with E-state index >= 15 is 0 Å². The van der Waals surface area contributed by atoms with Crippen LogP contribution in [-0.2, 0) is 9.53 Å². The van der Waals surface area contributed by atoms with Gasteiger partial charge in [-0.05, 0) is 42.3 Å². The van der Waals surface area contributed by atoms with Crippen molar-refractivity contribution in [2.45, 2.75) is 19.3 Å². The first kappa shape index (κ1) is 14.5. The van der Waals surface area contributed by atoms with Crippen LogP contribution in [0.25, 0.3) is 5.76 Å². The summed E-state index contributed by atoms with van der Waals surface area (Å²) in [6.45, 7) is 1.98. The molecule has 0 aromatic heterocycles. The number of carbonyl (C=O) groups is 1. The zero-order valence-electron chi connectivity index (χ0n) is 12.3. The highest BCUT2D eigenvalue weighted by Gasteiger charge is 2.33. The van der Waals surface area contributed by atoms with Gasteiger partial charge in [0.2, 0.25) is 0 Å². The van der Waals surface area contributed by atoms with E-state index in [-0.39, 0.29) is 23.6 Å². The lowest BCUT2D eigenvalue weighted by atomic mass is 9.82. The van der Waals surface area contributed by atoms with Gasteiger partial charge in [0, 0.05) is 11.5 Å². The fourth-order valence-electron chi connectivity index (χ4n) is 2.84. The highest BCUT2D eigenvalue weighted by molar-refractivity contribution is 5.84. The van der Waals surface area contributed by atoms with Crippen LogP contribution in [0.15, 0.2) is 60.7 Å². The van der Waals surface area contributed by atoms with Crippen LogP contribution in [0.2, 0.25) is 0 Å². The van der Waals surface area contributed by atoms with E-state index in [1.54, 1.807) is 12.1 Å². The molecule has 0 fully saturated rings. The van der Waals surface area contributed by atoms with E-state index in [1.807, 2.05) is 43.3 Å². The van der Waals surface area contributed by atoms with Gasteiger partial charge in [-0.25, -0.2) is 4.39 Å².